The number of hydrogen-bond donors (Lipinski definition) is 1. The van der Waals surface area contributed by atoms with Gasteiger partial charge >= 0.3 is 0 Å². The van der Waals surface area contributed by atoms with Crippen LogP contribution in [0.25, 0.3) is 5.82 Å². The number of rotatable bonds is 4. The highest BCUT2D eigenvalue weighted by Crippen LogP contribution is 2.08. The van der Waals surface area contributed by atoms with Gasteiger partial charge in [-0.1, -0.05) is 0 Å². The van der Waals surface area contributed by atoms with E-state index in [1.807, 2.05) is 0 Å². The molecule has 3 aromatic rings. The smallest absolute Gasteiger partial charge is 0.247 e. The molecule has 0 aliphatic rings. The van der Waals surface area contributed by atoms with Crippen LogP contribution in [-0.2, 0) is 11.3 Å². The molecule has 3 rings (SSSR count). The first kappa shape index (κ1) is 12.0. The molecule has 20 heavy (non-hydrogen) atoms. The second-order valence-corrected chi connectivity index (χ2v) is 3.87. The Balaban J connectivity index is 1.71. The molecule has 9 heteroatoms. The Labute approximate surface area is 113 Å². The van der Waals surface area contributed by atoms with Gasteiger partial charge in [-0.2, -0.15) is 5.10 Å². The van der Waals surface area contributed by atoms with Gasteiger partial charge in [-0.15, -0.1) is 0 Å². The number of carbonyl (C=O) groups is 1. The molecule has 100 valence electrons. The maximum Gasteiger partial charge on any atom is 0.247 e. The van der Waals surface area contributed by atoms with E-state index in [2.05, 4.69) is 30.4 Å². The van der Waals surface area contributed by atoms with Crippen LogP contribution in [0.4, 0.5) is 5.82 Å². The molecule has 0 aliphatic carbocycles. The zero-order chi connectivity index (χ0) is 13.8. The fourth-order valence-corrected chi connectivity index (χ4v) is 1.60. The van der Waals surface area contributed by atoms with Crippen molar-refractivity contribution in [3.8, 4) is 5.82 Å². The first-order valence-corrected chi connectivity index (χ1v) is 5.74. The van der Waals surface area contributed by atoms with Crippen molar-refractivity contribution in [3.63, 3.8) is 0 Å². The lowest BCUT2D eigenvalue weighted by Gasteiger charge is -2.06. The van der Waals surface area contributed by atoms with E-state index in [1.165, 1.54) is 23.7 Å². The summed E-state index contributed by atoms with van der Waals surface area (Å²) < 4.78 is 3.14. The third kappa shape index (κ3) is 2.66. The highest BCUT2D eigenvalue weighted by atomic mass is 16.2. The van der Waals surface area contributed by atoms with Crippen LogP contribution < -0.4 is 5.32 Å². The van der Waals surface area contributed by atoms with Crippen molar-refractivity contribution >= 4 is 11.7 Å². The van der Waals surface area contributed by atoms with Crippen LogP contribution in [-0.4, -0.2) is 40.2 Å². The van der Waals surface area contributed by atoms with Crippen LogP contribution in [0.15, 0.2) is 43.8 Å². The summed E-state index contributed by atoms with van der Waals surface area (Å²) in [5, 5.41) is 6.53. The largest absolute Gasteiger partial charge is 0.309 e. The molecule has 0 aliphatic heterocycles. The van der Waals surface area contributed by atoms with E-state index >= 15 is 0 Å². The lowest BCUT2D eigenvalue weighted by atomic mass is 10.5. The summed E-state index contributed by atoms with van der Waals surface area (Å²) in [6.07, 6.45) is 9.23. The van der Waals surface area contributed by atoms with Gasteiger partial charge in [-0.25, -0.2) is 24.6 Å². The van der Waals surface area contributed by atoms with Gasteiger partial charge in [0.2, 0.25) is 5.91 Å². The molecule has 0 unspecified atom stereocenters. The third-order valence-electron chi connectivity index (χ3n) is 2.46. The minimum atomic E-state index is -0.245. The highest BCUT2D eigenvalue weighted by Gasteiger charge is 2.06. The molecule has 3 heterocycles. The van der Waals surface area contributed by atoms with Crippen molar-refractivity contribution in [2.24, 2.45) is 0 Å². The number of aromatic nitrogens is 7. The minimum absolute atomic E-state index is 0.0738. The zero-order valence-electron chi connectivity index (χ0n) is 10.3. The Hall–Kier alpha value is -3.10. The summed E-state index contributed by atoms with van der Waals surface area (Å²) in [4.78, 5) is 27.6. The summed E-state index contributed by atoms with van der Waals surface area (Å²) in [7, 11) is 0. The van der Waals surface area contributed by atoms with Crippen LogP contribution in [0.1, 0.15) is 0 Å². The number of nitrogens with one attached hydrogen (secondary N) is 1. The van der Waals surface area contributed by atoms with Crippen LogP contribution in [0, 0.1) is 0 Å². The lowest BCUT2D eigenvalue weighted by molar-refractivity contribution is -0.116. The van der Waals surface area contributed by atoms with Gasteiger partial charge < -0.3 is 5.32 Å². The van der Waals surface area contributed by atoms with E-state index in [0.29, 0.717) is 11.6 Å². The van der Waals surface area contributed by atoms with E-state index in [9.17, 15) is 4.79 Å². The van der Waals surface area contributed by atoms with Crippen molar-refractivity contribution in [2.45, 2.75) is 6.54 Å². The van der Waals surface area contributed by atoms with Crippen molar-refractivity contribution in [2.75, 3.05) is 5.32 Å². The Bertz CT molecular complexity index is 691. The predicted molar refractivity (Wildman–Crippen MR) is 67.8 cm³/mol. The molecule has 0 saturated carbocycles. The second kappa shape index (κ2) is 5.26. The van der Waals surface area contributed by atoms with Gasteiger partial charge in [0.25, 0.3) is 0 Å². The van der Waals surface area contributed by atoms with Crippen molar-refractivity contribution in [3.05, 3.63) is 43.8 Å². The monoisotopic (exact) mass is 270 g/mol. The molecule has 0 radical (unpaired) electrons. The molecule has 9 nitrogen and oxygen atoms in total. The maximum absolute atomic E-state index is 11.8. The number of anilines is 1. The standard InChI is InChI=1S/C11H10N8O/c20-11(4-19-8-13-5-16-19)17-9-3-10(15-6-14-9)18-2-1-12-7-18/h1-3,5-8H,4H2,(H,14,15,17,20). The van der Waals surface area contributed by atoms with Gasteiger partial charge in [0, 0.05) is 18.5 Å². The Morgan fingerprint density at radius 1 is 1.20 bits per heavy atom. The van der Waals surface area contributed by atoms with Gasteiger partial charge in [-0.05, 0) is 0 Å². The number of nitrogens with zero attached hydrogens (tertiary/aromatic N) is 7. The van der Waals surface area contributed by atoms with E-state index < -0.39 is 0 Å². The van der Waals surface area contributed by atoms with Crippen LogP contribution in [0.3, 0.4) is 0 Å². The summed E-state index contributed by atoms with van der Waals surface area (Å²) >= 11 is 0. The average Bonchev–Trinajstić information content (AvgIpc) is 3.11. The summed E-state index contributed by atoms with van der Waals surface area (Å²) in [5.74, 6) is 0.785. The van der Waals surface area contributed by atoms with Crippen molar-refractivity contribution in [1.29, 1.82) is 0 Å². The second-order valence-electron chi connectivity index (χ2n) is 3.87. The molecule has 0 saturated heterocycles. The van der Waals surface area contributed by atoms with Crippen molar-refractivity contribution < 1.29 is 4.79 Å². The summed E-state index contributed by atoms with van der Waals surface area (Å²) in [5.41, 5.74) is 0. The van der Waals surface area contributed by atoms with E-state index in [0.717, 1.165) is 0 Å². The quantitative estimate of drug-likeness (QED) is 0.709. The van der Waals surface area contributed by atoms with Crippen LogP contribution in [0.5, 0.6) is 0 Å². The average molecular weight is 270 g/mol. The molecular weight excluding hydrogens is 260 g/mol. The molecule has 0 fully saturated rings. The normalized spacial score (nSPS) is 10.4. The summed E-state index contributed by atoms with van der Waals surface area (Å²) in [6, 6.07) is 1.65. The first-order chi connectivity index (χ1) is 9.81. The minimum Gasteiger partial charge on any atom is -0.309 e. The maximum atomic E-state index is 11.8. The molecule has 0 atom stereocenters. The first-order valence-electron chi connectivity index (χ1n) is 5.74. The van der Waals surface area contributed by atoms with Gasteiger partial charge in [-0.3, -0.25) is 9.36 Å². The molecule has 3 aromatic heterocycles. The predicted octanol–water partition coefficient (Wildman–Crippen LogP) is -0.108. The number of imidazole rings is 1. The topological polar surface area (TPSA) is 103 Å². The number of amides is 1. The van der Waals surface area contributed by atoms with E-state index in [-0.39, 0.29) is 12.5 Å². The molecule has 0 spiro atoms. The Kier molecular flexibility index (Phi) is 3.15. The molecule has 0 aromatic carbocycles. The summed E-state index contributed by atoms with van der Waals surface area (Å²) in [6.45, 7) is 0.0738. The van der Waals surface area contributed by atoms with Crippen LogP contribution in [0.2, 0.25) is 0 Å². The number of carbonyl (C=O) groups excluding carboxylic acids is 1. The number of hydrogen-bond acceptors (Lipinski definition) is 6. The molecule has 1 N–H and O–H groups in total. The van der Waals surface area contributed by atoms with Gasteiger partial charge in [0.15, 0.2) is 0 Å². The van der Waals surface area contributed by atoms with Gasteiger partial charge in [0.1, 0.15) is 43.5 Å². The fraction of sp³-hybridized carbons (Fsp3) is 0.0909. The third-order valence-corrected chi connectivity index (χ3v) is 2.46. The molecule has 1 amide bonds. The van der Waals surface area contributed by atoms with E-state index in [1.54, 1.807) is 29.4 Å². The molecular formula is C11H10N8O. The van der Waals surface area contributed by atoms with Crippen molar-refractivity contribution in [1.82, 2.24) is 34.3 Å². The highest BCUT2D eigenvalue weighted by molar-refractivity contribution is 5.89. The Morgan fingerprint density at radius 3 is 2.90 bits per heavy atom. The van der Waals surface area contributed by atoms with E-state index in [4.69, 9.17) is 0 Å². The SMILES string of the molecule is O=C(Cn1cncn1)Nc1cc(-n2ccnc2)ncn1. The lowest BCUT2D eigenvalue weighted by Crippen LogP contribution is -2.19. The van der Waals surface area contributed by atoms with Crippen LogP contribution >= 0.6 is 0 Å². The molecule has 0 bridgehead atoms. The van der Waals surface area contributed by atoms with Gasteiger partial charge in [0.05, 0.1) is 0 Å². The Morgan fingerprint density at radius 2 is 2.15 bits per heavy atom. The fourth-order valence-electron chi connectivity index (χ4n) is 1.60. The zero-order valence-corrected chi connectivity index (χ0v) is 10.3.